The monoisotopic (exact) mass is 302 g/mol. The second-order valence-corrected chi connectivity index (χ2v) is 6.16. The highest BCUT2D eigenvalue weighted by molar-refractivity contribution is 8.52. The van der Waals surface area contributed by atoms with Crippen molar-refractivity contribution in [2.75, 3.05) is 31.9 Å². The Kier molecular flexibility index (Phi) is 29.9. The van der Waals surface area contributed by atoms with E-state index in [4.69, 9.17) is 14.9 Å². The molecule has 0 amide bonds. The van der Waals surface area contributed by atoms with E-state index in [2.05, 4.69) is 38.3 Å². The fourth-order valence-electron chi connectivity index (χ4n) is 0.675. The summed E-state index contributed by atoms with van der Waals surface area (Å²) in [5.41, 5.74) is 0. The van der Waals surface area contributed by atoms with Crippen molar-refractivity contribution in [2.24, 2.45) is 0 Å². The zero-order valence-corrected chi connectivity index (χ0v) is 14.0. The van der Waals surface area contributed by atoms with E-state index in [0.717, 1.165) is 37.6 Å². The predicted octanol–water partition coefficient (Wildman–Crippen LogP) is 1.54. The summed E-state index contributed by atoms with van der Waals surface area (Å²) in [6.45, 7) is 14.4. The summed E-state index contributed by atoms with van der Waals surface area (Å²) in [7, 11) is -1.88. The molecule has 0 aliphatic carbocycles. The van der Waals surface area contributed by atoms with E-state index in [1.807, 2.05) is 0 Å². The first-order chi connectivity index (χ1) is 8.45. The second kappa shape index (κ2) is 22.7. The molecule has 7 heteroatoms. The van der Waals surface area contributed by atoms with Crippen molar-refractivity contribution in [3.8, 4) is 0 Å². The molecule has 0 saturated heterocycles. The van der Waals surface area contributed by atoms with Gasteiger partial charge < -0.3 is 25.5 Å². The molecule has 0 rings (SSSR count). The van der Waals surface area contributed by atoms with Crippen LogP contribution in [0.5, 0.6) is 0 Å². The molecular formula is C11H31N2O3PS. The molecule has 0 aromatic rings. The summed E-state index contributed by atoms with van der Waals surface area (Å²) < 4.78 is 0. The van der Waals surface area contributed by atoms with E-state index in [1.165, 1.54) is 0 Å². The van der Waals surface area contributed by atoms with Gasteiger partial charge in [-0.15, -0.1) is 0 Å². The minimum Gasteiger partial charge on any atom is -0.393 e. The Morgan fingerprint density at radius 1 is 0.944 bits per heavy atom. The average Bonchev–Trinajstić information content (AvgIpc) is 2.30. The molecule has 1 unspecified atom stereocenters. The number of aliphatic hydroxyl groups excluding tert-OH is 1. The second-order valence-electron chi connectivity index (χ2n) is 3.31. The summed E-state index contributed by atoms with van der Waals surface area (Å²) in [4.78, 5) is 16.5. The van der Waals surface area contributed by atoms with Crippen LogP contribution in [0.3, 0.4) is 0 Å². The Labute approximate surface area is 117 Å². The summed E-state index contributed by atoms with van der Waals surface area (Å²) >= 11 is 0.965. The summed E-state index contributed by atoms with van der Waals surface area (Å²) in [5.74, 6) is 0.388. The molecule has 0 aromatic carbocycles. The van der Waals surface area contributed by atoms with Gasteiger partial charge in [0.1, 0.15) is 0 Å². The quantitative estimate of drug-likeness (QED) is 0.459. The molecule has 0 saturated carbocycles. The van der Waals surface area contributed by atoms with Crippen LogP contribution >= 0.6 is 19.0 Å². The van der Waals surface area contributed by atoms with Crippen molar-refractivity contribution < 1.29 is 14.9 Å². The fourth-order valence-corrected chi connectivity index (χ4v) is 2.07. The maximum atomic E-state index is 8.57. The third-order valence-corrected chi connectivity index (χ3v) is 3.43. The first-order valence-electron chi connectivity index (χ1n) is 6.36. The van der Waals surface area contributed by atoms with E-state index in [-0.39, 0.29) is 0 Å². The van der Waals surface area contributed by atoms with Crippen LogP contribution < -0.4 is 10.6 Å². The van der Waals surface area contributed by atoms with Gasteiger partial charge >= 0.3 is 0 Å². The molecule has 5 nitrogen and oxygen atoms in total. The van der Waals surface area contributed by atoms with Crippen LogP contribution in [0.1, 0.15) is 34.6 Å². The SMILES string of the molecule is CC(O)CSP(O)O.CCNCC.CCNCC. The van der Waals surface area contributed by atoms with E-state index < -0.39 is 13.7 Å². The number of rotatable bonds is 7. The van der Waals surface area contributed by atoms with Gasteiger partial charge in [0.15, 0.2) is 0 Å². The molecule has 114 valence electrons. The van der Waals surface area contributed by atoms with Crippen molar-refractivity contribution >= 4 is 19.0 Å². The number of hydrogen-bond donors (Lipinski definition) is 5. The first-order valence-corrected chi connectivity index (χ1v) is 9.20. The van der Waals surface area contributed by atoms with Crippen molar-refractivity contribution in [3.63, 3.8) is 0 Å². The Morgan fingerprint density at radius 3 is 1.33 bits per heavy atom. The summed E-state index contributed by atoms with van der Waals surface area (Å²) in [5, 5.41) is 14.8. The Balaban J connectivity index is -0.000000197. The highest BCUT2D eigenvalue weighted by Crippen LogP contribution is 2.40. The van der Waals surface area contributed by atoms with Crippen molar-refractivity contribution in [2.45, 2.75) is 40.7 Å². The van der Waals surface area contributed by atoms with E-state index in [0.29, 0.717) is 5.75 Å². The number of hydrogen-bond acceptors (Lipinski definition) is 6. The zero-order valence-electron chi connectivity index (χ0n) is 12.3. The topological polar surface area (TPSA) is 84.8 Å². The van der Waals surface area contributed by atoms with Crippen LogP contribution in [0.25, 0.3) is 0 Å². The molecule has 0 fully saturated rings. The highest BCUT2D eigenvalue weighted by Gasteiger charge is 2.01. The smallest absolute Gasteiger partial charge is 0.232 e. The van der Waals surface area contributed by atoms with Gasteiger partial charge in [0.25, 0.3) is 0 Å². The molecule has 0 spiro atoms. The molecule has 0 aromatic heterocycles. The fraction of sp³-hybridized carbons (Fsp3) is 1.00. The third-order valence-electron chi connectivity index (χ3n) is 1.43. The van der Waals surface area contributed by atoms with Crippen LogP contribution in [0.4, 0.5) is 0 Å². The summed E-state index contributed by atoms with van der Waals surface area (Å²) in [6, 6.07) is 0. The predicted molar refractivity (Wildman–Crippen MR) is 83.9 cm³/mol. The lowest BCUT2D eigenvalue weighted by molar-refractivity contribution is 0.220. The Morgan fingerprint density at radius 2 is 1.28 bits per heavy atom. The molecule has 5 N–H and O–H groups in total. The van der Waals surface area contributed by atoms with E-state index in [1.54, 1.807) is 6.92 Å². The van der Waals surface area contributed by atoms with Crippen molar-refractivity contribution in [3.05, 3.63) is 0 Å². The highest BCUT2D eigenvalue weighted by atomic mass is 32.7. The molecule has 0 aliphatic heterocycles. The standard InChI is InChI=1S/2C4H11N.C3H9O3PS/c2*1-3-5-4-2;1-3(4)2-8-7(5)6/h2*5H,3-4H2,1-2H3;3-6H,2H2,1H3. The van der Waals surface area contributed by atoms with Crippen LogP contribution in [0, 0.1) is 0 Å². The minimum atomic E-state index is -1.88. The normalized spacial score (nSPS) is 11.2. The van der Waals surface area contributed by atoms with Gasteiger partial charge in [0.05, 0.1) is 6.10 Å². The Hall–Kier alpha value is 0.580. The first kappa shape index (κ1) is 23.7. The summed E-state index contributed by atoms with van der Waals surface area (Å²) in [6.07, 6.45) is -0.454. The van der Waals surface area contributed by atoms with Gasteiger partial charge in [-0.25, -0.2) is 0 Å². The third kappa shape index (κ3) is 43.9. The van der Waals surface area contributed by atoms with Crippen molar-refractivity contribution in [1.82, 2.24) is 10.6 Å². The minimum absolute atomic E-state index is 0.388. The zero-order chi connectivity index (χ0) is 14.8. The molecule has 18 heavy (non-hydrogen) atoms. The lowest BCUT2D eigenvalue weighted by atomic mass is 10.5. The molecular weight excluding hydrogens is 271 g/mol. The number of aliphatic hydroxyl groups is 1. The van der Waals surface area contributed by atoms with Gasteiger partial charge in [-0.3, -0.25) is 0 Å². The number of nitrogens with one attached hydrogen (secondary N) is 2. The molecule has 0 bridgehead atoms. The Bertz CT molecular complexity index is 115. The van der Waals surface area contributed by atoms with Gasteiger partial charge in [-0.05, 0) is 33.1 Å². The van der Waals surface area contributed by atoms with Crippen LogP contribution in [0.2, 0.25) is 0 Å². The van der Waals surface area contributed by atoms with Gasteiger partial charge in [0.2, 0.25) is 7.58 Å². The van der Waals surface area contributed by atoms with E-state index in [9.17, 15) is 0 Å². The van der Waals surface area contributed by atoms with Gasteiger partial charge in [-0.2, -0.15) is 0 Å². The molecule has 0 radical (unpaired) electrons. The van der Waals surface area contributed by atoms with Crippen LogP contribution in [0.15, 0.2) is 0 Å². The van der Waals surface area contributed by atoms with E-state index >= 15 is 0 Å². The van der Waals surface area contributed by atoms with Crippen LogP contribution in [-0.2, 0) is 0 Å². The lowest BCUT2D eigenvalue weighted by Crippen LogP contribution is -2.09. The van der Waals surface area contributed by atoms with Crippen LogP contribution in [-0.4, -0.2) is 52.9 Å². The lowest BCUT2D eigenvalue weighted by Gasteiger charge is -2.02. The average molecular weight is 302 g/mol. The maximum absolute atomic E-state index is 8.57. The molecule has 0 heterocycles. The largest absolute Gasteiger partial charge is 0.393 e. The molecule has 1 atom stereocenters. The maximum Gasteiger partial charge on any atom is 0.232 e. The van der Waals surface area contributed by atoms with Gasteiger partial charge in [0, 0.05) is 5.75 Å². The van der Waals surface area contributed by atoms with Gasteiger partial charge in [-0.1, -0.05) is 39.1 Å². The van der Waals surface area contributed by atoms with Crippen molar-refractivity contribution in [1.29, 1.82) is 0 Å². The molecule has 0 aliphatic rings.